The number of benzene rings is 2. The topological polar surface area (TPSA) is 73.9 Å². The summed E-state index contributed by atoms with van der Waals surface area (Å²) in [5.74, 6) is 0.466. The molecule has 1 aromatic heterocycles. The maximum atomic E-state index is 13.2. The van der Waals surface area contributed by atoms with Gasteiger partial charge in [0.05, 0.1) is 11.4 Å². The molecule has 3 aromatic rings. The Morgan fingerprint density at radius 2 is 1.91 bits per heavy atom. The Morgan fingerprint density at radius 3 is 2.65 bits per heavy atom. The lowest BCUT2D eigenvalue weighted by molar-refractivity contribution is -0.127. The summed E-state index contributed by atoms with van der Waals surface area (Å²) in [5, 5.41) is 5.90. The molecular weight excluding hydrogens is 472 g/mol. The van der Waals surface area contributed by atoms with Crippen molar-refractivity contribution in [2.75, 3.05) is 32.1 Å². The summed E-state index contributed by atoms with van der Waals surface area (Å²) in [6, 6.07) is 19.8. The molecule has 1 fully saturated rings. The van der Waals surface area contributed by atoms with E-state index in [-0.39, 0.29) is 11.9 Å². The Balaban J connectivity index is 1.47. The molecule has 1 atom stereocenters. The Morgan fingerprint density at radius 1 is 1.09 bits per heavy atom. The van der Waals surface area contributed by atoms with Gasteiger partial charge in [0.1, 0.15) is 11.8 Å². The largest absolute Gasteiger partial charge is 0.497 e. The first kappa shape index (κ1) is 24.1. The summed E-state index contributed by atoms with van der Waals surface area (Å²) in [6.45, 7) is 2.61. The van der Waals surface area contributed by atoms with Crippen LogP contribution in [0.25, 0.3) is 0 Å². The van der Waals surface area contributed by atoms with Gasteiger partial charge < -0.3 is 20.3 Å². The summed E-state index contributed by atoms with van der Waals surface area (Å²) in [7, 11) is 1.58. The van der Waals surface area contributed by atoms with Crippen molar-refractivity contribution in [2.24, 2.45) is 0 Å². The standard InChI is InChI=1S/C25H27ClN4O3S/c1-33-20-9-5-8-19(14-20)28-25(32)30-13-12-29(16-21-10-11-23(26)34-21)17-22(30)24(31)27-15-18-6-3-2-4-7-18/h2-11,14,22H,12-13,15-17H2,1H3,(H,27,31)(H,28,32). The minimum absolute atomic E-state index is 0.182. The molecule has 178 valence electrons. The quantitative estimate of drug-likeness (QED) is 0.505. The van der Waals surface area contributed by atoms with Gasteiger partial charge in [0.15, 0.2) is 0 Å². The lowest BCUT2D eigenvalue weighted by Crippen LogP contribution is -2.61. The molecule has 2 N–H and O–H groups in total. The van der Waals surface area contributed by atoms with E-state index in [9.17, 15) is 9.59 Å². The number of carbonyl (C=O) groups excluding carboxylic acids is 2. The molecule has 2 heterocycles. The van der Waals surface area contributed by atoms with Gasteiger partial charge in [0, 0.05) is 49.4 Å². The molecule has 1 unspecified atom stereocenters. The maximum Gasteiger partial charge on any atom is 0.322 e. The number of nitrogens with one attached hydrogen (secondary N) is 2. The van der Waals surface area contributed by atoms with Crippen molar-refractivity contribution in [3.05, 3.63) is 81.5 Å². The number of hydrogen-bond donors (Lipinski definition) is 2. The van der Waals surface area contributed by atoms with Gasteiger partial charge in [-0.25, -0.2) is 4.79 Å². The summed E-state index contributed by atoms with van der Waals surface area (Å²) < 4.78 is 5.98. The van der Waals surface area contributed by atoms with Crippen LogP contribution in [0.3, 0.4) is 0 Å². The molecule has 0 saturated carbocycles. The van der Waals surface area contributed by atoms with Crippen LogP contribution in [0, 0.1) is 0 Å². The van der Waals surface area contributed by atoms with E-state index in [4.69, 9.17) is 16.3 Å². The predicted molar refractivity (Wildman–Crippen MR) is 135 cm³/mol. The van der Waals surface area contributed by atoms with Crippen molar-refractivity contribution in [3.8, 4) is 5.75 Å². The fourth-order valence-electron chi connectivity index (χ4n) is 3.91. The minimum Gasteiger partial charge on any atom is -0.497 e. The Labute approximate surface area is 208 Å². The third-order valence-electron chi connectivity index (χ3n) is 5.67. The predicted octanol–water partition coefficient (Wildman–Crippen LogP) is 4.44. The van der Waals surface area contributed by atoms with Gasteiger partial charge in [-0.3, -0.25) is 9.69 Å². The van der Waals surface area contributed by atoms with E-state index in [0.29, 0.717) is 44.2 Å². The number of anilines is 1. The molecule has 0 bridgehead atoms. The summed E-state index contributed by atoms with van der Waals surface area (Å²) in [6.07, 6.45) is 0. The smallest absolute Gasteiger partial charge is 0.322 e. The molecule has 4 rings (SSSR count). The second-order valence-corrected chi connectivity index (χ2v) is 9.82. The molecule has 1 saturated heterocycles. The van der Waals surface area contributed by atoms with Crippen molar-refractivity contribution in [3.63, 3.8) is 0 Å². The molecule has 1 aliphatic rings. The van der Waals surface area contributed by atoms with Crippen LogP contribution in [-0.4, -0.2) is 54.5 Å². The van der Waals surface area contributed by atoms with Gasteiger partial charge >= 0.3 is 6.03 Å². The van der Waals surface area contributed by atoms with Gasteiger partial charge in [0.25, 0.3) is 0 Å². The number of methoxy groups -OCH3 is 1. The van der Waals surface area contributed by atoms with Crippen LogP contribution in [0.15, 0.2) is 66.7 Å². The van der Waals surface area contributed by atoms with E-state index in [1.807, 2.05) is 54.6 Å². The van der Waals surface area contributed by atoms with Crippen LogP contribution in [0.4, 0.5) is 10.5 Å². The van der Waals surface area contributed by atoms with Crippen molar-refractivity contribution < 1.29 is 14.3 Å². The average Bonchev–Trinajstić information content (AvgIpc) is 3.27. The van der Waals surface area contributed by atoms with E-state index in [1.54, 1.807) is 24.1 Å². The van der Waals surface area contributed by atoms with Crippen LogP contribution in [0.2, 0.25) is 4.34 Å². The Bertz CT molecular complexity index is 1120. The highest BCUT2D eigenvalue weighted by Crippen LogP contribution is 2.24. The third kappa shape index (κ3) is 6.28. The molecule has 0 aliphatic carbocycles. The fraction of sp³-hybridized carbons (Fsp3) is 0.280. The number of thiophene rings is 1. The lowest BCUT2D eigenvalue weighted by atomic mass is 10.1. The highest BCUT2D eigenvalue weighted by Gasteiger charge is 2.35. The Kier molecular flexibility index (Phi) is 8.05. The molecule has 2 aromatic carbocycles. The van der Waals surface area contributed by atoms with E-state index in [1.165, 1.54) is 11.3 Å². The lowest BCUT2D eigenvalue weighted by Gasteiger charge is -2.40. The summed E-state index contributed by atoms with van der Waals surface area (Å²) >= 11 is 7.62. The number of ether oxygens (including phenoxy) is 1. The number of hydrogen-bond acceptors (Lipinski definition) is 5. The van der Waals surface area contributed by atoms with Crippen molar-refractivity contribution in [2.45, 2.75) is 19.1 Å². The van der Waals surface area contributed by atoms with Gasteiger partial charge in [-0.15, -0.1) is 11.3 Å². The molecule has 0 spiro atoms. The SMILES string of the molecule is COc1cccc(NC(=O)N2CCN(Cc3ccc(Cl)s3)CC2C(=O)NCc2ccccc2)c1. The number of halogens is 1. The van der Waals surface area contributed by atoms with Crippen LogP contribution >= 0.6 is 22.9 Å². The first-order valence-corrected chi connectivity index (χ1v) is 12.2. The second-order valence-electron chi connectivity index (χ2n) is 8.02. The molecule has 1 aliphatic heterocycles. The van der Waals surface area contributed by atoms with Crippen LogP contribution in [-0.2, 0) is 17.9 Å². The maximum absolute atomic E-state index is 13.2. The number of nitrogens with zero attached hydrogens (tertiary/aromatic N) is 2. The number of piperazine rings is 1. The molecule has 34 heavy (non-hydrogen) atoms. The number of carbonyl (C=O) groups is 2. The normalized spacial score (nSPS) is 16.2. The van der Waals surface area contributed by atoms with Gasteiger partial charge in [-0.2, -0.15) is 0 Å². The molecule has 7 nitrogen and oxygen atoms in total. The number of urea groups is 1. The molecule has 9 heteroatoms. The van der Waals surface area contributed by atoms with E-state index >= 15 is 0 Å². The zero-order valence-electron chi connectivity index (χ0n) is 18.9. The second kappa shape index (κ2) is 11.4. The zero-order chi connectivity index (χ0) is 23.9. The van der Waals surface area contributed by atoms with Crippen LogP contribution < -0.4 is 15.4 Å². The summed E-state index contributed by atoms with van der Waals surface area (Å²) in [4.78, 5) is 31.3. The first-order chi connectivity index (χ1) is 16.5. The number of rotatable bonds is 7. The molecular formula is C25H27ClN4O3S. The van der Waals surface area contributed by atoms with Crippen LogP contribution in [0.5, 0.6) is 5.75 Å². The van der Waals surface area contributed by atoms with Crippen molar-refractivity contribution in [1.82, 2.24) is 15.1 Å². The van der Waals surface area contributed by atoms with Gasteiger partial charge in [-0.05, 0) is 29.8 Å². The Hall–Kier alpha value is -3.07. The average molecular weight is 499 g/mol. The van der Waals surface area contributed by atoms with E-state index in [2.05, 4.69) is 15.5 Å². The third-order valence-corrected chi connectivity index (χ3v) is 6.88. The zero-order valence-corrected chi connectivity index (χ0v) is 20.4. The van der Waals surface area contributed by atoms with Gasteiger partial charge in [-0.1, -0.05) is 48.0 Å². The van der Waals surface area contributed by atoms with Crippen LogP contribution in [0.1, 0.15) is 10.4 Å². The monoisotopic (exact) mass is 498 g/mol. The van der Waals surface area contributed by atoms with Gasteiger partial charge in [0.2, 0.25) is 5.91 Å². The fourth-order valence-corrected chi connectivity index (χ4v) is 5.04. The van der Waals surface area contributed by atoms with Crippen molar-refractivity contribution in [1.29, 1.82) is 0 Å². The minimum atomic E-state index is -0.626. The van der Waals surface area contributed by atoms with E-state index < -0.39 is 6.04 Å². The highest BCUT2D eigenvalue weighted by atomic mass is 35.5. The molecule has 0 radical (unpaired) electrons. The van der Waals surface area contributed by atoms with Crippen molar-refractivity contribution >= 4 is 40.6 Å². The summed E-state index contributed by atoms with van der Waals surface area (Å²) in [5.41, 5.74) is 1.62. The van der Waals surface area contributed by atoms with E-state index in [0.717, 1.165) is 14.8 Å². The molecule has 3 amide bonds. The first-order valence-electron chi connectivity index (χ1n) is 11.0. The highest BCUT2D eigenvalue weighted by molar-refractivity contribution is 7.16. The number of amides is 3.